The van der Waals surface area contributed by atoms with Crippen LogP contribution in [0.5, 0.6) is 0 Å². The number of hydrogen-bond donors (Lipinski definition) is 2. The van der Waals surface area contributed by atoms with Gasteiger partial charge in [-0.3, -0.25) is 4.90 Å². The Morgan fingerprint density at radius 1 is 1.26 bits per heavy atom. The zero-order chi connectivity index (χ0) is 18.4. The van der Waals surface area contributed by atoms with E-state index in [9.17, 15) is 0 Å². The molecular weight excluding hydrogens is 340 g/mol. The first-order valence-electron chi connectivity index (χ1n) is 9.55. The highest BCUT2D eigenvalue weighted by molar-refractivity contribution is 5.75. The molecule has 140 valence electrons. The Labute approximate surface area is 158 Å². The molecule has 1 fully saturated rings. The second-order valence-electron chi connectivity index (χ2n) is 7.68. The van der Waals surface area contributed by atoms with Crippen molar-refractivity contribution >= 4 is 17.0 Å². The van der Waals surface area contributed by atoms with Crippen LogP contribution in [-0.2, 0) is 23.3 Å². The maximum Gasteiger partial charge on any atom is 0.220 e. The van der Waals surface area contributed by atoms with E-state index in [1.54, 1.807) is 0 Å². The van der Waals surface area contributed by atoms with Crippen LogP contribution in [0.2, 0.25) is 0 Å². The van der Waals surface area contributed by atoms with Crippen LogP contribution in [-0.4, -0.2) is 44.5 Å². The Morgan fingerprint density at radius 2 is 2.11 bits per heavy atom. The second kappa shape index (κ2) is 6.28. The molecule has 0 aliphatic carbocycles. The summed E-state index contributed by atoms with van der Waals surface area (Å²) in [7, 11) is 0. The average molecular weight is 364 g/mol. The number of aromatic amines is 1. The number of H-pyrrole nitrogens is 1. The van der Waals surface area contributed by atoms with Crippen LogP contribution in [0.1, 0.15) is 35.5 Å². The van der Waals surface area contributed by atoms with Crippen LogP contribution in [0.15, 0.2) is 24.4 Å². The number of piperidine rings is 1. The van der Waals surface area contributed by atoms with Crippen molar-refractivity contribution in [3.8, 4) is 0 Å². The molecule has 4 heterocycles. The number of imidazole rings is 1. The minimum atomic E-state index is -0.313. The molecule has 2 aliphatic rings. The van der Waals surface area contributed by atoms with Crippen molar-refractivity contribution in [2.45, 2.75) is 38.3 Å². The number of fused-ring (bicyclic) bond motifs is 3. The Kier molecular flexibility index (Phi) is 3.87. The molecule has 1 saturated heterocycles. The fourth-order valence-corrected chi connectivity index (χ4v) is 4.34. The Bertz CT molecular complexity index is 989. The summed E-state index contributed by atoms with van der Waals surface area (Å²) in [5, 5.41) is 0. The number of nitrogens with two attached hydrogens (primary N) is 1. The molecule has 2 aromatic heterocycles. The van der Waals surface area contributed by atoms with Crippen molar-refractivity contribution < 1.29 is 4.74 Å². The summed E-state index contributed by atoms with van der Waals surface area (Å²) in [5.74, 6) is 1.35. The van der Waals surface area contributed by atoms with E-state index in [4.69, 9.17) is 15.5 Å². The van der Waals surface area contributed by atoms with E-state index >= 15 is 0 Å². The molecule has 0 bridgehead atoms. The molecule has 27 heavy (non-hydrogen) atoms. The van der Waals surface area contributed by atoms with Crippen molar-refractivity contribution in [1.29, 1.82) is 0 Å². The second-order valence-corrected chi connectivity index (χ2v) is 7.68. The third-order valence-electron chi connectivity index (χ3n) is 5.79. The number of rotatable bonds is 2. The molecule has 3 N–H and O–H groups in total. The van der Waals surface area contributed by atoms with E-state index in [0.717, 1.165) is 68.1 Å². The quantitative estimate of drug-likeness (QED) is 0.725. The minimum Gasteiger partial charge on any atom is -0.368 e. The van der Waals surface area contributed by atoms with E-state index in [0.29, 0.717) is 5.95 Å². The largest absolute Gasteiger partial charge is 0.368 e. The van der Waals surface area contributed by atoms with Crippen LogP contribution >= 0.6 is 0 Å². The predicted octanol–water partition coefficient (Wildman–Crippen LogP) is 2.31. The summed E-state index contributed by atoms with van der Waals surface area (Å²) < 4.78 is 6.25. The standard InChI is InChI=1S/C20H24N6O/c1-13-2-3-15-16(10-13)24-17(23-15)12-26-7-5-20(6-8-26)18-14(4-9-27-20)11-22-19(21)25-18/h2-3,10-11H,4-9,12H2,1H3,(H,23,24)(H2,21,22,25). The lowest BCUT2D eigenvalue weighted by molar-refractivity contribution is -0.102. The average Bonchev–Trinajstić information content (AvgIpc) is 3.06. The molecule has 0 radical (unpaired) electrons. The van der Waals surface area contributed by atoms with Gasteiger partial charge in [0.25, 0.3) is 0 Å². The van der Waals surface area contributed by atoms with E-state index in [1.807, 2.05) is 6.20 Å². The molecule has 0 atom stereocenters. The van der Waals surface area contributed by atoms with E-state index in [-0.39, 0.29) is 5.60 Å². The SMILES string of the molecule is Cc1ccc2nc(CN3CCC4(CC3)OCCc3cnc(N)nc34)[nH]c2c1. The third-order valence-corrected chi connectivity index (χ3v) is 5.79. The first-order chi connectivity index (χ1) is 13.1. The van der Waals surface area contributed by atoms with Gasteiger partial charge in [-0.2, -0.15) is 0 Å². The fourth-order valence-electron chi connectivity index (χ4n) is 4.34. The number of nitrogens with one attached hydrogen (secondary N) is 1. The highest BCUT2D eigenvalue weighted by Crippen LogP contribution is 2.40. The van der Waals surface area contributed by atoms with Crippen LogP contribution in [0.4, 0.5) is 5.95 Å². The first-order valence-corrected chi connectivity index (χ1v) is 9.55. The number of likely N-dealkylation sites (tertiary alicyclic amines) is 1. The van der Waals surface area contributed by atoms with E-state index in [1.165, 1.54) is 11.1 Å². The number of hydrogen-bond acceptors (Lipinski definition) is 6. The summed E-state index contributed by atoms with van der Waals surface area (Å²) in [6.07, 6.45) is 4.55. The maximum atomic E-state index is 6.25. The number of anilines is 1. The summed E-state index contributed by atoms with van der Waals surface area (Å²) in [4.78, 5) is 19.3. The summed E-state index contributed by atoms with van der Waals surface area (Å²) >= 11 is 0. The predicted molar refractivity (Wildman–Crippen MR) is 103 cm³/mol. The number of benzene rings is 1. The lowest BCUT2D eigenvalue weighted by Gasteiger charge is -2.43. The van der Waals surface area contributed by atoms with Crippen molar-refractivity contribution in [2.75, 3.05) is 25.4 Å². The third kappa shape index (κ3) is 2.96. The Hall–Kier alpha value is -2.51. The van der Waals surface area contributed by atoms with E-state index < -0.39 is 0 Å². The maximum absolute atomic E-state index is 6.25. The summed E-state index contributed by atoms with van der Waals surface area (Å²) in [6.45, 7) is 5.53. The summed E-state index contributed by atoms with van der Waals surface area (Å²) in [6, 6.07) is 6.32. The highest BCUT2D eigenvalue weighted by atomic mass is 16.5. The van der Waals surface area contributed by atoms with Crippen molar-refractivity contribution in [2.24, 2.45) is 0 Å². The molecule has 0 amide bonds. The number of nitrogen functional groups attached to an aromatic ring is 1. The van der Waals surface area contributed by atoms with Crippen LogP contribution in [0.25, 0.3) is 11.0 Å². The zero-order valence-corrected chi connectivity index (χ0v) is 15.5. The molecule has 1 spiro atoms. The van der Waals surface area contributed by atoms with Gasteiger partial charge in [-0.05, 0) is 49.4 Å². The highest BCUT2D eigenvalue weighted by Gasteiger charge is 2.42. The van der Waals surface area contributed by atoms with Crippen LogP contribution < -0.4 is 5.73 Å². The van der Waals surface area contributed by atoms with Gasteiger partial charge >= 0.3 is 0 Å². The molecule has 0 unspecified atom stereocenters. The lowest BCUT2D eigenvalue weighted by atomic mass is 9.83. The Balaban J connectivity index is 1.32. The molecule has 3 aromatic rings. The monoisotopic (exact) mass is 364 g/mol. The van der Waals surface area contributed by atoms with Gasteiger partial charge in [-0.25, -0.2) is 15.0 Å². The van der Waals surface area contributed by atoms with Gasteiger partial charge in [0, 0.05) is 19.3 Å². The minimum absolute atomic E-state index is 0.313. The number of nitrogens with zero attached hydrogens (tertiary/aromatic N) is 4. The van der Waals surface area contributed by atoms with Crippen molar-refractivity contribution in [1.82, 2.24) is 24.8 Å². The molecule has 7 heteroatoms. The van der Waals surface area contributed by atoms with Crippen LogP contribution in [0, 0.1) is 6.92 Å². The smallest absolute Gasteiger partial charge is 0.220 e. The van der Waals surface area contributed by atoms with Gasteiger partial charge in [-0.1, -0.05) is 6.07 Å². The summed E-state index contributed by atoms with van der Waals surface area (Å²) in [5.41, 5.74) is 11.1. The van der Waals surface area contributed by atoms with Crippen molar-refractivity contribution in [3.63, 3.8) is 0 Å². The molecular formula is C20H24N6O. The van der Waals surface area contributed by atoms with E-state index in [2.05, 4.69) is 45.0 Å². The fraction of sp³-hybridized carbons (Fsp3) is 0.450. The molecule has 7 nitrogen and oxygen atoms in total. The topological polar surface area (TPSA) is 92.9 Å². The van der Waals surface area contributed by atoms with Crippen LogP contribution in [0.3, 0.4) is 0 Å². The normalized spacial score (nSPS) is 19.4. The van der Waals surface area contributed by atoms with Gasteiger partial charge < -0.3 is 15.5 Å². The number of ether oxygens (including phenoxy) is 1. The molecule has 0 saturated carbocycles. The zero-order valence-electron chi connectivity index (χ0n) is 15.5. The first kappa shape index (κ1) is 16.6. The molecule has 1 aromatic carbocycles. The van der Waals surface area contributed by atoms with Gasteiger partial charge in [0.1, 0.15) is 11.4 Å². The van der Waals surface area contributed by atoms with Gasteiger partial charge in [-0.15, -0.1) is 0 Å². The molecule has 5 rings (SSSR count). The van der Waals surface area contributed by atoms with Gasteiger partial charge in [0.15, 0.2) is 0 Å². The Morgan fingerprint density at radius 3 is 2.96 bits per heavy atom. The lowest BCUT2D eigenvalue weighted by Crippen LogP contribution is -2.47. The van der Waals surface area contributed by atoms with Gasteiger partial charge in [0.05, 0.1) is 29.9 Å². The number of aryl methyl sites for hydroxylation is 1. The van der Waals surface area contributed by atoms with Gasteiger partial charge in [0.2, 0.25) is 5.95 Å². The van der Waals surface area contributed by atoms with Crippen molar-refractivity contribution in [3.05, 3.63) is 47.0 Å². The number of aromatic nitrogens is 4. The molecule has 2 aliphatic heterocycles.